The van der Waals surface area contributed by atoms with Crippen LogP contribution in [0.4, 0.5) is 14.9 Å². The molecule has 4 heteroatoms. The minimum Gasteiger partial charge on any atom is -0.312 e. The van der Waals surface area contributed by atoms with E-state index in [0.717, 1.165) is 0 Å². The highest BCUT2D eigenvalue weighted by molar-refractivity contribution is 6.65. The van der Waals surface area contributed by atoms with Gasteiger partial charge in [-0.2, -0.15) is 0 Å². The van der Waals surface area contributed by atoms with E-state index in [1.54, 1.807) is 6.07 Å². The molecule has 0 radical (unpaired) electrons. The monoisotopic (exact) mass is 173 g/mol. The Hall–Kier alpha value is -1.09. The summed E-state index contributed by atoms with van der Waals surface area (Å²) in [7, 11) is 0. The van der Waals surface area contributed by atoms with E-state index in [1.165, 1.54) is 18.2 Å². The molecule has 1 N–H and O–H groups in total. The summed E-state index contributed by atoms with van der Waals surface area (Å²) in [6, 6.07) is 5.49. The molecule has 1 amide bonds. The Morgan fingerprint density at radius 1 is 1.55 bits per heavy atom. The van der Waals surface area contributed by atoms with Crippen molar-refractivity contribution in [2.24, 2.45) is 0 Å². The average Bonchev–Trinajstić information content (AvgIpc) is 1.85. The fourth-order valence-corrected chi connectivity index (χ4v) is 0.789. The number of benzene rings is 1. The molecule has 0 unspecified atom stereocenters. The van der Waals surface area contributed by atoms with Gasteiger partial charge >= 0.3 is 5.37 Å². The minimum absolute atomic E-state index is 0.352. The van der Waals surface area contributed by atoms with Gasteiger partial charge in [-0.1, -0.05) is 6.07 Å². The van der Waals surface area contributed by atoms with E-state index in [1.807, 2.05) is 0 Å². The Kier molecular flexibility index (Phi) is 2.44. The summed E-state index contributed by atoms with van der Waals surface area (Å²) < 4.78 is 12.4. The van der Waals surface area contributed by atoms with Crippen LogP contribution >= 0.6 is 11.6 Å². The molecule has 0 aromatic heterocycles. The number of anilines is 1. The van der Waals surface area contributed by atoms with Crippen LogP contribution in [-0.4, -0.2) is 5.37 Å². The number of nitrogens with one attached hydrogen (secondary N) is 1. The molecule has 11 heavy (non-hydrogen) atoms. The topological polar surface area (TPSA) is 29.1 Å². The van der Waals surface area contributed by atoms with Gasteiger partial charge in [0.25, 0.3) is 0 Å². The fourth-order valence-electron chi connectivity index (χ4n) is 0.680. The van der Waals surface area contributed by atoms with Gasteiger partial charge in [0.1, 0.15) is 5.82 Å². The zero-order valence-electron chi connectivity index (χ0n) is 5.47. The highest BCUT2D eigenvalue weighted by Gasteiger charge is 1.96. The fraction of sp³-hybridized carbons (Fsp3) is 0. The van der Waals surface area contributed by atoms with Gasteiger partial charge in [-0.15, -0.1) is 0 Å². The maximum absolute atomic E-state index is 12.4. The first kappa shape index (κ1) is 8.01. The van der Waals surface area contributed by atoms with Crippen LogP contribution in [0, 0.1) is 5.82 Å². The van der Waals surface area contributed by atoms with E-state index in [9.17, 15) is 9.18 Å². The van der Waals surface area contributed by atoms with Gasteiger partial charge in [0.15, 0.2) is 0 Å². The quantitative estimate of drug-likeness (QED) is 0.513. The third-order valence-electron chi connectivity index (χ3n) is 1.07. The third-order valence-corrected chi connectivity index (χ3v) is 1.16. The maximum atomic E-state index is 12.4. The van der Waals surface area contributed by atoms with Crippen LogP contribution in [-0.2, 0) is 0 Å². The predicted octanol–water partition coefficient (Wildman–Crippen LogP) is 2.60. The van der Waals surface area contributed by atoms with E-state index >= 15 is 0 Å². The van der Waals surface area contributed by atoms with E-state index in [-0.39, 0.29) is 0 Å². The Morgan fingerprint density at radius 2 is 2.27 bits per heavy atom. The molecule has 1 aromatic rings. The van der Waals surface area contributed by atoms with Gasteiger partial charge in [0.05, 0.1) is 0 Å². The van der Waals surface area contributed by atoms with Crippen molar-refractivity contribution in [2.75, 3.05) is 5.32 Å². The Bertz CT molecular complexity index is 277. The molecular weight excluding hydrogens is 169 g/mol. The summed E-state index contributed by atoms with van der Waals surface area (Å²) in [6.45, 7) is 0. The molecule has 0 fully saturated rings. The van der Waals surface area contributed by atoms with Gasteiger partial charge in [0, 0.05) is 5.69 Å². The largest absolute Gasteiger partial charge is 0.318 e. The zero-order chi connectivity index (χ0) is 8.27. The van der Waals surface area contributed by atoms with E-state index < -0.39 is 11.2 Å². The second kappa shape index (κ2) is 3.34. The van der Waals surface area contributed by atoms with Crippen molar-refractivity contribution in [1.29, 1.82) is 0 Å². The van der Waals surface area contributed by atoms with Crippen LogP contribution in [0.1, 0.15) is 0 Å². The first-order valence-electron chi connectivity index (χ1n) is 2.90. The lowest BCUT2D eigenvalue weighted by Gasteiger charge is -1.98. The van der Waals surface area contributed by atoms with Crippen molar-refractivity contribution < 1.29 is 9.18 Å². The summed E-state index contributed by atoms with van der Waals surface area (Å²) in [5, 5.41) is 1.51. The van der Waals surface area contributed by atoms with Crippen molar-refractivity contribution in [3.8, 4) is 0 Å². The molecule has 0 saturated heterocycles. The summed E-state index contributed by atoms with van der Waals surface area (Å²) in [6.07, 6.45) is 0. The molecule has 0 spiro atoms. The summed E-state index contributed by atoms with van der Waals surface area (Å²) in [4.78, 5) is 10.3. The van der Waals surface area contributed by atoms with Crippen molar-refractivity contribution >= 4 is 22.7 Å². The van der Waals surface area contributed by atoms with Crippen molar-refractivity contribution in [3.63, 3.8) is 0 Å². The molecule has 0 atom stereocenters. The van der Waals surface area contributed by atoms with Crippen molar-refractivity contribution in [1.82, 2.24) is 0 Å². The van der Waals surface area contributed by atoms with Crippen LogP contribution in [0.3, 0.4) is 0 Å². The van der Waals surface area contributed by atoms with Gasteiger partial charge in [-0.25, -0.2) is 4.39 Å². The lowest BCUT2D eigenvalue weighted by atomic mass is 10.3. The van der Waals surface area contributed by atoms with E-state index in [0.29, 0.717) is 5.69 Å². The molecule has 0 aliphatic heterocycles. The Morgan fingerprint density at radius 3 is 2.82 bits per heavy atom. The molecule has 0 bridgehead atoms. The van der Waals surface area contributed by atoms with E-state index in [4.69, 9.17) is 11.6 Å². The normalized spacial score (nSPS) is 9.27. The second-order valence-electron chi connectivity index (χ2n) is 1.91. The van der Waals surface area contributed by atoms with Crippen LogP contribution in [0.2, 0.25) is 0 Å². The highest BCUT2D eigenvalue weighted by Crippen LogP contribution is 2.09. The molecule has 2 nitrogen and oxygen atoms in total. The van der Waals surface area contributed by atoms with Gasteiger partial charge in [-0.05, 0) is 29.8 Å². The molecule has 0 heterocycles. The summed E-state index contributed by atoms with van der Waals surface area (Å²) in [5.41, 5.74) is 0.352. The highest BCUT2D eigenvalue weighted by atomic mass is 35.5. The summed E-state index contributed by atoms with van der Waals surface area (Å²) >= 11 is 4.99. The number of rotatable bonds is 1. The van der Waals surface area contributed by atoms with Crippen molar-refractivity contribution in [3.05, 3.63) is 30.1 Å². The lowest BCUT2D eigenvalue weighted by Crippen LogP contribution is -2.00. The van der Waals surface area contributed by atoms with Gasteiger partial charge < -0.3 is 5.32 Å². The predicted molar refractivity (Wildman–Crippen MR) is 41.3 cm³/mol. The molecule has 0 aliphatic carbocycles. The molecule has 0 saturated carbocycles. The van der Waals surface area contributed by atoms with Crippen LogP contribution in [0.25, 0.3) is 0 Å². The smallest absolute Gasteiger partial charge is 0.312 e. The number of halogens is 2. The van der Waals surface area contributed by atoms with Gasteiger partial charge in [0.2, 0.25) is 0 Å². The van der Waals surface area contributed by atoms with Crippen LogP contribution in [0.15, 0.2) is 24.3 Å². The number of hydrogen-bond donors (Lipinski definition) is 1. The number of carbonyl (C=O) groups excluding carboxylic acids is 1. The zero-order valence-corrected chi connectivity index (χ0v) is 6.23. The van der Waals surface area contributed by atoms with E-state index in [2.05, 4.69) is 5.32 Å². The number of hydrogen-bond acceptors (Lipinski definition) is 1. The standard InChI is InChI=1S/C7H5ClFNO/c8-7(11)10-6-3-1-2-5(9)4-6/h1-4H,(H,10,11). The first-order chi connectivity index (χ1) is 5.18. The maximum Gasteiger partial charge on any atom is 0.318 e. The Balaban J connectivity index is 2.79. The molecule has 0 aliphatic rings. The first-order valence-corrected chi connectivity index (χ1v) is 3.28. The average molecular weight is 174 g/mol. The molecular formula is C7H5ClFNO. The lowest BCUT2D eigenvalue weighted by molar-refractivity contribution is 0.269. The number of amides is 1. The van der Waals surface area contributed by atoms with Crippen LogP contribution < -0.4 is 5.32 Å². The minimum atomic E-state index is -0.726. The summed E-state index contributed by atoms with van der Waals surface area (Å²) in [5.74, 6) is -0.409. The third kappa shape index (κ3) is 2.55. The van der Waals surface area contributed by atoms with Crippen molar-refractivity contribution in [2.45, 2.75) is 0 Å². The van der Waals surface area contributed by atoms with Crippen LogP contribution in [0.5, 0.6) is 0 Å². The van der Waals surface area contributed by atoms with Gasteiger partial charge in [-0.3, -0.25) is 4.79 Å². The number of carbonyl (C=O) groups is 1. The Labute approximate surface area is 68.0 Å². The molecule has 1 rings (SSSR count). The molecule has 1 aromatic carbocycles. The second-order valence-corrected chi connectivity index (χ2v) is 2.25. The SMILES string of the molecule is O=C(Cl)Nc1cccc(F)c1. The molecule has 58 valence electrons.